The molecule has 0 fully saturated rings. The van der Waals surface area contributed by atoms with Gasteiger partial charge in [-0.3, -0.25) is 30.6 Å². The highest BCUT2D eigenvalue weighted by molar-refractivity contribution is 5.95. The van der Waals surface area contributed by atoms with E-state index in [9.17, 15) is 19.7 Å². The smallest absolute Gasteiger partial charge is 0.279 e. The predicted octanol–water partition coefficient (Wildman–Crippen LogP) is 1.82. The Bertz CT molecular complexity index is 731. The maximum atomic E-state index is 11.9. The minimum absolute atomic E-state index is 0.0745. The minimum atomic E-state index is -0.900. The van der Waals surface area contributed by atoms with Crippen LogP contribution in [0.15, 0.2) is 54.6 Å². The molecule has 0 bridgehead atoms. The van der Waals surface area contributed by atoms with E-state index in [2.05, 4.69) is 10.9 Å². The molecule has 8 nitrogen and oxygen atoms in total. The van der Waals surface area contributed by atoms with Crippen molar-refractivity contribution in [3.63, 3.8) is 0 Å². The van der Waals surface area contributed by atoms with Crippen molar-refractivity contribution in [2.75, 3.05) is 0 Å². The topological polar surface area (TPSA) is 111 Å². The first-order valence-electron chi connectivity index (χ1n) is 7.03. The molecule has 0 aliphatic heterocycles. The molecule has 0 aliphatic rings. The number of carbonyl (C=O) groups excluding carboxylic acids is 2. The number of hydrogen-bond donors (Lipinski definition) is 2. The van der Waals surface area contributed by atoms with Crippen molar-refractivity contribution in [1.29, 1.82) is 0 Å². The third kappa shape index (κ3) is 4.54. The van der Waals surface area contributed by atoms with Gasteiger partial charge in [-0.1, -0.05) is 18.2 Å². The summed E-state index contributed by atoms with van der Waals surface area (Å²) in [5.41, 5.74) is 4.87. The van der Waals surface area contributed by atoms with E-state index in [4.69, 9.17) is 4.74 Å². The number of nitro groups is 1. The highest BCUT2D eigenvalue weighted by Gasteiger charge is 2.16. The molecule has 0 saturated carbocycles. The largest absolute Gasteiger partial charge is 0.481 e. The number of nitro benzene ring substituents is 1. The molecule has 0 aromatic heterocycles. The summed E-state index contributed by atoms with van der Waals surface area (Å²) in [6.07, 6.45) is -0.900. The summed E-state index contributed by atoms with van der Waals surface area (Å²) in [6.45, 7) is 1.49. The van der Waals surface area contributed by atoms with Crippen molar-refractivity contribution in [1.82, 2.24) is 10.9 Å². The molecule has 0 heterocycles. The van der Waals surface area contributed by atoms with Crippen molar-refractivity contribution in [2.45, 2.75) is 13.0 Å². The zero-order chi connectivity index (χ0) is 17.5. The lowest BCUT2D eigenvalue weighted by atomic mass is 10.2. The lowest BCUT2D eigenvalue weighted by Gasteiger charge is -2.15. The van der Waals surface area contributed by atoms with Gasteiger partial charge in [-0.15, -0.1) is 0 Å². The molecule has 124 valence electrons. The number of hydrogen-bond acceptors (Lipinski definition) is 5. The first kappa shape index (κ1) is 16.9. The maximum absolute atomic E-state index is 11.9. The van der Waals surface area contributed by atoms with E-state index >= 15 is 0 Å². The first-order valence-corrected chi connectivity index (χ1v) is 7.03. The Morgan fingerprint density at radius 2 is 1.67 bits per heavy atom. The van der Waals surface area contributed by atoms with Gasteiger partial charge in [0.2, 0.25) is 0 Å². The normalized spacial score (nSPS) is 11.2. The van der Waals surface area contributed by atoms with Crippen LogP contribution in [0.2, 0.25) is 0 Å². The summed E-state index contributed by atoms with van der Waals surface area (Å²) in [5.74, 6) is -0.707. The lowest BCUT2D eigenvalue weighted by Crippen LogP contribution is -2.47. The molecule has 1 atom stereocenters. The van der Waals surface area contributed by atoms with E-state index in [1.54, 1.807) is 30.3 Å². The molecule has 0 radical (unpaired) electrons. The Morgan fingerprint density at radius 3 is 2.25 bits per heavy atom. The van der Waals surface area contributed by atoms with E-state index < -0.39 is 22.8 Å². The SMILES string of the molecule is CC(Oc1ccc([N+](=O)[O-])cc1)C(=O)NNC(=O)c1ccccc1. The van der Waals surface area contributed by atoms with Crippen LogP contribution in [0.3, 0.4) is 0 Å². The zero-order valence-corrected chi connectivity index (χ0v) is 12.8. The van der Waals surface area contributed by atoms with Crippen LogP contribution in [0.1, 0.15) is 17.3 Å². The molecule has 2 aromatic rings. The molecular weight excluding hydrogens is 314 g/mol. The summed E-state index contributed by atoms with van der Waals surface area (Å²) in [7, 11) is 0. The Morgan fingerprint density at radius 1 is 1.04 bits per heavy atom. The number of nitrogens with one attached hydrogen (secondary N) is 2. The highest BCUT2D eigenvalue weighted by Crippen LogP contribution is 2.18. The lowest BCUT2D eigenvalue weighted by molar-refractivity contribution is -0.384. The van der Waals surface area contributed by atoms with Crippen LogP contribution < -0.4 is 15.6 Å². The third-order valence-electron chi connectivity index (χ3n) is 3.06. The Hall–Kier alpha value is -3.42. The maximum Gasteiger partial charge on any atom is 0.279 e. The third-order valence-corrected chi connectivity index (χ3v) is 3.06. The average Bonchev–Trinajstić information content (AvgIpc) is 2.60. The van der Waals surface area contributed by atoms with Crippen molar-refractivity contribution in [3.05, 3.63) is 70.3 Å². The summed E-state index contributed by atoms with van der Waals surface area (Å²) in [5, 5.41) is 10.6. The summed E-state index contributed by atoms with van der Waals surface area (Å²) < 4.78 is 5.36. The molecule has 0 spiro atoms. The quantitative estimate of drug-likeness (QED) is 0.642. The Kier molecular flexibility index (Phi) is 5.45. The average molecular weight is 329 g/mol. The van der Waals surface area contributed by atoms with Gasteiger partial charge in [0.25, 0.3) is 17.5 Å². The molecule has 0 aliphatic carbocycles. The van der Waals surface area contributed by atoms with Gasteiger partial charge in [-0.2, -0.15) is 0 Å². The van der Waals surface area contributed by atoms with E-state index in [1.165, 1.54) is 31.2 Å². The number of rotatable bonds is 5. The van der Waals surface area contributed by atoms with Gasteiger partial charge >= 0.3 is 0 Å². The van der Waals surface area contributed by atoms with Crippen molar-refractivity contribution in [3.8, 4) is 5.75 Å². The standard InChI is InChI=1S/C16H15N3O5/c1-11(24-14-9-7-13(8-10-14)19(22)23)15(20)17-18-16(21)12-5-3-2-4-6-12/h2-11H,1H3,(H,17,20)(H,18,21). The van der Waals surface area contributed by atoms with Crippen LogP contribution in [-0.2, 0) is 4.79 Å². The van der Waals surface area contributed by atoms with Crippen LogP contribution in [-0.4, -0.2) is 22.8 Å². The van der Waals surface area contributed by atoms with Crippen LogP contribution >= 0.6 is 0 Å². The van der Waals surface area contributed by atoms with E-state index in [0.29, 0.717) is 11.3 Å². The van der Waals surface area contributed by atoms with Crippen molar-refractivity contribution < 1.29 is 19.2 Å². The summed E-state index contributed by atoms with van der Waals surface area (Å²) in [6, 6.07) is 13.7. The van der Waals surface area contributed by atoms with Gasteiger partial charge in [-0.05, 0) is 31.2 Å². The number of hydrazine groups is 1. The summed E-state index contributed by atoms with van der Waals surface area (Å²) in [4.78, 5) is 33.7. The molecule has 2 aromatic carbocycles. The number of amides is 2. The van der Waals surface area contributed by atoms with E-state index in [1.807, 2.05) is 0 Å². The number of ether oxygens (including phenoxy) is 1. The fraction of sp³-hybridized carbons (Fsp3) is 0.125. The number of non-ortho nitro benzene ring substituents is 1. The van der Waals surface area contributed by atoms with Crippen LogP contribution in [0, 0.1) is 10.1 Å². The van der Waals surface area contributed by atoms with Crippen molar-refractivity contribution >= 4 is 17.5 Å². The van der Waals surface area contributed by atoms with Crippen LogP contribution in [0.25, 0.3) is 0 Å². The van der Waals surface area contributed by atoms with E-state index in [0.717, 1.165) is 0 Å². The Balaban J connectivity index is 1.85. The molecule has 0 saturated heterocycles. The van der Waals surface area contributed by atoms with Gasteiger partial charge in [-0.25, -0.2) is 0 Å². The predicted molar refractivity (Wildman–Crippen MR) is 85.2 cm³/mol. The summed E-state index contributed by atoms with van der Waals surface area (Å²) >= 11 is 0. The fourth-order valence-electron chi connectivity index (χ4n) is 1.79. The Labute approximate surface area is 137 Å². The molecule has 2 N–H and O–H groups in total. The fourth-order valence-corrected chi connectivity index (χ4v) is 1.79. The second kappa shape index (κ2) is 7.73. The molecule has 24 heavy (non-hydrogen) atoms. The first-order chi connectivity index (χ1) is 11.5. The number of benzene rings is 2. The van der Waals surface area contributed by atoms with Gasteiger partial charge in [0.05, 0.1) is 4.92 Å². The van der Waals surface area contributed by atoms with Gasteiger partial charge in [0.15, 0.2) is 6.10 Å². The van der Waals surface area contributed by atoms with Crippen molar-refractivity contribution in [2.24, 2.45) is 0 Å². The van der Waals surface area contributed by atoms with E-state index in [-0.39, 0.29) is 5.69 Å². The molecular formula is C16H15N3O5. The minimum Gasteiger partial charge on any atom is -0.481 e. The second-order valence-electron chi connectivity index (χ2n) is 4.82. The monoisotopic (exact) mass is 329 g/mol. The zero-order valence-electron chi connectivity index (χ0n) is 12.8. The van der Waals surface area contributed by atoms with Gasteiger partial charge < -0.3 is 4.74 Å². The van der Waals surface area contributed by atoms with Crippen LogP contribution in [0.4, 0.5) is 5.69 Å². The molecule has 1 unspecified atom stereocenters. The number of carbonyl (C=O) groups is 2. The van der Waals surface area contributed by atoms with Gasteiger partial charge in [0, 0.05) is 17.7 Å². The number of nitrogens with zero attached hydrogens (tertiary/aromatic N) is 1. The molecule has 2 rings (SSSR count). The second-order valence-corrected chi connectivity index (χ2v) is 4.82. The highest BCUT2D eigenvalue weighted by atomic mass is 16.6. The van der Waals surface area contributed by atoms with Crippen LogP contribution in [0.5, 0.6) is 5.75 Å². The molecule has 8 heteroatoms. The van der Waals surface area contributed by atoms with Gasteiger partial charge in [0.1, 0.15) is 5.75 Å². The molecule has 2 amide bonds.